The van der Waals surface area contributed by atoms with Gasteiger partial charge in [-0.15, -0.1) is 10.1 Å². The van der Waals surface area contributed by atoms with E-state index in [4.69, 9.17) is 10.5 Å². The van der Waals surface area contributed by atoms with Crippen LogP contribution in [0, 0.1) is 26.9 Å². The maximum absolute atomic E-state index is 13.6. The third kappa shape index (κ3) is 9.27. The molecule has 1 fully saturated rings. The molecule has 5 N–H and O–H groups in total. The Kier molecular flexibility index (Phi) is 11.4. The van der Waals surface area contributed by atoms with Gasteiger partial charge in [0.15, 0.2) is 0 Å². The van der Waals surface area contributed by atoms with Crippen molar-refractivity contribution in [1.29, 1.82) is 0 Å². The van der Waals surface area contributed by atoms with Crippen LogP contribution in [0.4, 0.5) is 10.5 Å². The second-order valence-electron chi connectivity index (χ2n) is 13.2. The summed E-state index contributed by atoms with van der Waals surface area (Å²) in [6.07, 6.45) is 1.33. The van der Waals surface area contributed by atoms with Gasteiger partial charge in [-0.25, -0.2) is 4.79 Å². The normalized spacial score (nSPS) is 22.0. The van der Waals surface area contributed by atoms with Gasteiger partial charge in [0.05, 0.1) is 19.3 Å². The Morgan fingerprint density at radius 3 is 2.44 bits per heavy atom. The lowest BCUT2D eigenvalue weighted by molar-refractivity contribution is -0.769. The van der Waals surface area contributed by atoms with E-state index in [9.17, 15) is 29.6 Å². The molecule has 1 heterocycles. The highest BCUT2D eigenvalue weighted by atomic mass is 17.0. The zero-order valence-electron chi connectivity index (χ0n) is 25.8. The molecular formula is C30H47N5O8. The van der Waals surface area contributed by atoms with Crippen LogP contribution in [-0.4, -0.2) is 72.6 Å². The number of nitrogens with one attached hydrogen (secondary N) is 2. The fourth-order valence-corrected chi connectivity index (χ4v) is 6.28. The van der Waals surface area contributed by atoms with Crippen LogP contribution in [0.1, 0.15) is 71.8 Å². The van der Waals surface area contributed by atoms with E-state index in [-0.39, 0.29) is 36.7 Å². The Morgan fingerprint density at radius 2 is 1.81 bits per heavy atom. The molecule has 1 aliphatic carbocycles. The van der Waals surface area contributed by atoms with Gasteiger partial charge in [-0.05, 0) is 61.5 Å². The lowest BCUT2D eigenvalue weighted by Crippen LogP contribution is -2.51. The van der Waals surface area contributed by atoms with Gasteiger partial charge in [0.25, 0.3) is 5.09 Å². The first-order chi connectivity index (χ1) is 20.1. The van der Waals surface area contributed by atoms with E-state index in [0.29, 0.717) is 45.1 Å². The third-order valence-corrected chi connectivity index (χ3v) is 8.86. The van der Waals surface area contributed by atoms with E-state index in [2.05, 4.69) is 15.5 Å². The minimum Gasteiger partial charge on any atom is -0.453 e. The number of aliphatic hydroxyl groups is 1. The number of carbonyl (C=O) groups is 3. The van der Waals surface area contributed by atoms with Gasteiger partial charge < -0.3 is 35.9 Å². The summed E-state index contributed by atoms with van der Waals surface area (Å²) < 4.78 is 4.74. The number of hydrogen-bond acceptors (Lipinski definition) is 9. The summed E-state index contributed by atoms with van der Waals surface area (Å²) >= 11 is 0. The molecule has 1 aliphatic heterocycles. The number of anilines is 1. The smallest absolute Gasteiger partial charge is 0.407 e. The zero-order valence-corrected chi connectivity index (χ0v) is 25.8. The van der Waals surface area contributed by atoms with Crippen molar-refractivity contribution in [3.8, 4) is 0 Å². The molecule has 0 saturated heterocycles. The highest BCUT2D eigenvalue weighted by Gasteiger charge is 2.40. The fraction of sp³-hybridized carbons (Fsp3) is 0.700. The maximum Gasteiger partial charge on any atom is 0.407 e. The van der Waals surface area contributed by atoms with Crippen LogP contribution in [0.15, 0.2) is 24.3 Å². The molecule has 2 aliphatic rings. The molecule has 3 amide bonds. The highest BCUT2D eigenvalue weighted by molar-refractivity contribution is 5.95. The molecule has 1 aromatic carbocycles. The Labute approximate surface area is 252 Å². The van der Waals surface area contributed by atoms with Crippen molar-refractivity contribution in [3.63, 3.8) is 0 Å². The number of benzene rings is 1. The quantitative estimate of drug-likeness (QED) is 0.205. The predicted molar refractivity (Wildman–Crippen MR) is 159 cm³/mol. The number of ether oxygens (including phenoxy) is 1. The second kappa shape index (κ2) is 14.3. The van der Waals surface area contributed by atoms with Crippen molar-refractivity contribution in [1.82, 2.24) is 10.6 Å². The van der Waals surface area contributed by atoms with Crippen LogP contribution in [0.2, 0.25) is 0 Å². The van der Waals surface area contributed by atoms with Crippen molar-refractivity contribution in [2.24, 2.45) is 22.5 Å². The Balaban J connectivity index is 1.53. The molecule has 0 bridgehead atoms. The highest BCUT2D eigenvalue weighted by Crippen LogP contribution is 2.39. The van der Waals surface area contributed by atoms with E-state index in [1.807, 2.05) is 52.0 Å². The molecular weight excluding hydrogens is 558 g/mol. The average Bonchev–Trinajstić information content (AvgIpc) is 2.94. The SMILES string of the molecule is COC(=O)NC1Cc2ccccc2N(C(=O)CC(C)(C)C[C@H](N)[C@@H](O)CNC(=O)C(C)(C)C2CCC(O[N+](=O)[O-])CC2)C1. The Bertz CT molecular complexity index is 1150. The summed E-state index contributed by atoms with van der Waals surface area (Å²) in [5.41, 5.74) is 6.81. The van der Waals surface area contributed by atoms with Crippen molar-refractivity contribution in [3.05, 3.63) is 39.9 Å². The summed E-state index contributed by atoms with van der Waals surface area (Å²) in [5, 5.41) is 26.3. The van der Waals surface area contributed by atoms with Gasteiger partial charge in [-0.2, -0.15) is 0 Å². The number of rotatable bonds is 12. The number of nitrogens with two attached hydrogens (primary N) is 1. The van der Waals surface area contributed by atoms with E-state index in [1.165, 1.54) is 7.11 Å². The average molecular weight is 606 g/mol. The van der Waals surface area contributed by atoms with Crippen molar-refractivity contribution < 1.29 is 34.2 Å². The monoisotopic (exact) mass is 605 g/mol. The van der Waals surface area contributed by atoms with Gasteiger partial charge in [0.2, 0.25) is 11.8 Å². The number of hydrogen-bond donors (Lipinski definition) is 4. The molecule has 0 spiro atoms. The summed E-state index contributed by atoms with van der Waals surface area (Å²) in [6.45, 7) is 7.78. The molecule has 13 nitrogen and oxygen atoms in total. The number of carbonyl (C=O) groups excluding carboxylic acids is 3. The molecule has 43 heavy (non-hydrogen) atoms. The van der Waals surface area contributed by atoms with Gasteiger partial charge in [-0.1, -0.05) is 45.9 Å². The molecule has 13 heteroatoms. The van der Waals surface area contributed by atoms with Crippen LogP contribution in [-0.2, 0) is 25.6 Å². The van der Waals surface area contributed by atoms with Gasteiger partial charge >= 0.3 is 6.09 Å². The molecule has 0 aromatic heterocycles. The molecule has 0 radical (unpaired) electrons. The first-order valence-electron chi connectivity index (χ1n) is 14.9. The van der Waals surface area contributed by atoms with E-state index in [1.54, 1.807) is 4.90 Å². The molecule has 3 atom stereocenters. The molecule has 240 valence electrons. The summed E-state index contributed by atoms with van der Waals surface area (Å²) in [5.74, 6) is -0.313. The first kappa shape index (κ1) is 34.0. The van der Waals surface area contributed by atoms with Gasteiger partial charge in [-0.3, -0.25) is 9.59 Å². The predicted octanol–water partition coefficient (Wildman–Crippen LogP) is 2.70. The minimum atomic E-state index is -1.03. The number of para-hydroxylation sites is 1. The molecule has 1 saturated carbocycles. The number of amides is 3. The lowest BCUT2D eigenvalue weighted by Gasteiger charge is -2.38. The second-order valence-corrected chi connectivity index (χ2v) is 13.2. The summed E-state index contributed by atoms with van der Waals surface area (Å²) in [4.78, 5) is 55.5. The minimum absolute atomic E-state index is 0.0252. The maximum atomic E-state index is 13.6. The summed E-state index contributed by atoms with van der Waals surface area (Å²) in [6, 6.07) is 6.60. The first-order valence-corrected chi connectivity index (χ1v) is 14.9. The third-order valence-electron chi connectivity index (χ3n) is 8.86. The zero-order chi connectivity index (χ0) is 31.9. The standard InChI is InChI=1S/C30H47N5O8/c1-29(2,16-26(37)34-18-21(33-28(39)42-5)14-19-8-6-7-9-24(19)34)15-23(31)25(36)17-32-27(38)30(3,4)20-10-12-22(13-11-20)43-35(40)41/h6-9,20-23,25,36H,10-18,31H2,1-5H3,(H,32,38)(H,33,39)/t20?,21?,22?,23-,25-/m0/s1. The van der Waals surface area contributed by atoms with Crippen molar-refractivity contribution in [2.75, 3.05) is 25.1 Å². The van der Waals surface area contributed by atoms with E-state index in [0.717, 1.165) is 11.3 Å². The van der Waals surface area contributed by atoms with E-state index < -0.39 is 40.3 Å². The van der Waals surface area contributed by atoms with Gasteiger partial charge in [0, 0.05) is 36.7 Å². The topological polar surface area (TPSA) is 186 Å². The number of fused-ring (bicyclic) bond motifs is 1. The number of aliphatic hydroxyl groups excluding tert-OH is 1. The van der Waals surface area contributed by atoms with Crippen LogP contribution < -0.4 is 21.3 Å². The van der Waals surface area contributed by atoms with Gasteiger partial charge in [0.1, 0.15) is 6.10 Å². The van der Waals surface area contributed by atoms with Crippen molar-refractivity contribution in [2.45, 2.75) is 96.9 Å². The lowest BCUT2D eigenvalue weighted by atomic mass is 9.70. The number of methoxy groups -OCH3 is 1. The fourth-order valence-electron chi connectivity index (χ4n) is 6.28. The molecule has 3 rings (SSSR count). The van der Waals surface area contributed by atoms with Crippen LogP contribution in [0.3, 0.4) is 0 Å². The largest absolute Gasteiger partial charge is 0.453 e. The van der Waals surface area contributed by atoms with Crippen LogP contribution in [0.25, 0.3) is 0 Å². The number of alkyl carbamates (subject to hydrolysis) is 1. The molecule has 1 aromatic rings. The van der Waals surface area contributed by atoms with Crippen LogP contribution in [0.5, 0.6) is 0 Å². The van der Waals surface area contributed by atoms with Crippen LogP contribution >= 0.6 is 0 Å². The summed E-state index contributed by atoms with van der Waals surface area (Å²) in [7, 11) is 1.30. The van der Waals surface area contributed by atoms with E-state index >= 15 is 0 Å². The molecule has 1 unspecified atom stereocenters. The van der Waals surface area contributed by atoms with Crippen molar-refractivity contribution >= 4 is 23.6 Å². The Hall–Kier alpha value is -3.45. The Morgan fingerprint density at radius 1 is 1.16 bits per heavy atom. The number of nitrogens with zero attached hydrogens (tertiary/aromatic N) is 2.